The molecule has 0 unspecified atom stereocenters. The van der Waals surface area contributed by atoms with Crippen LogP contribution in [0.1, 0.15) is 30.7 Å². The van der Waals surface area contributed by atoms with E-state index in [0.717, 1.165) is 12.1 Å². The Morgan fingerprint density at radius 1 is 1.25 bits per heavy atom. The summed E-state index contributed by atoms with van der Waals surface area (Å²) in [4.78, 5) is 18.8. The molecule has 0 spiro atoms. The van der Waals surface area contributed by atoms with Gasteiger partial charge in [0.15, 0.2) is 5.82 Å². The van der Waals surface area contributed by atoms with E-state index in [9.17, 15) is 4.79 Å². The van der Waals surface area contributed by atoms with Gasteiger partial charge in [0.25, 0.3) is 5.89 Å². The summed E-state index contributed by atoms with van der Waals surface area (Å²) in [6.07, 6.45) is 1.32. The van der Waals surface area contributed by atoms with Crippen LogP contribution in [0.2, 0.25) is 5.02 Å². The minimum atomic E-state index is -0.124. The monoisotopic (exact) mass is 397 g/mol. The number of benzene rings is 2. The number of methoxy groups -OCH3 is 1. The lowest BCUT2D eigenvalue weighted by Gasteiger charge is -2.16. The number of carbonyl (C=O) groups excluding carboxylic acids is 1. The maximum atomic E-state index is 12.5. The molecule has 0 saturated carbocycles. The van der Waals surface area contributed by atoms with Crippen molar-refractivity contribution in [1.82, 2.24) is 10.1 Å². The van der Waals surface area contributed by atoms with Crippen LogP contribution in [-0.4, -0.2) is 29.7 Å². The summed E-state index contributed by atoms with van der Waals surface area (Å²) < 4.78 is 10.8. The highest BCUT2D eigenvalue weighted by atomic mass is 35.5. The number of rotatable bonds is 5. The molecule has 0 N–H and O–H groups in total. The fraction of sp³-hybridized carbons (Fsp3) is 0.286. The molecular formula is C21H20ClN3O3. The zero-order valence-corrected chi connectivity index (χ0v) is 16.4. The number of aryl methyl sites for hydroxylation is 1. The normalized spacial score (nSPS) is 16.6. The van der Waals surface area contributed by atoms with Gasteiger partial charge in [-0.25, -0.2) is 0 Å². The summed E-state index contributed by atoms with van der Waals surface area (Å²) in [6, 6.07) is 13.3. The molecule has 1 aromatic heterocycles. The van der Waals surface area contributed by atoms with Gasteiger partial charge in [0.2, 0.25) is 5.91 Å². The van der Waals surface area contributed by atoms with Crippen molar-refractivity contribution in [3.8, 4) is 17.2 Å². The molecule has 3 aromatic rings. The quantitative estimate of drug-likeness (QED) is 0.634. The third-order valence-corrected chi connectivity index (χ3v) is 5.22. The number of nitrogens with zero attached hydrogens (tertiary/aromatic N) is 3. The molecule has 2 heterocycles. The maximum absolute atomic E-state index is 12.5. The van der Waals surface area contributed by atoms with E-state index in [2.05, 4.69) is 17.1 Å². The molecule has 0 bridgehead atoms. The Morgan fingerprint density at radius 3 is 2.75 bits per heavy atom. The molecule has 144 valence electrons. The Balaban J connectivity index is 1.56. The highest BCUT2D eigenvalue weighted by Crippen LogP contribution is 2.35. The first-order valence-corrected chi connectivity index (χ1v) is 9.53. The van der Waals surface area contributed by atoms with E-state index in [1.807, 2.05) is 24.3 Å². The minimum absolute atomic E-state index is 0.0564. The Labute approximate surface area is 168 Å². The summed E-state index contributed by atoms with van der Waals surface area (Å²) >= 11 is 6.09. The van der Waals surface area contributed by atoms with Crippen molar-refractivity contribution in [3.63, 3.8) is 0 Å². The van der Waals surface area contributed by atoms with Crippen LogP contribution in [0.15, 0.2) is 47.0 Å². The number of carbonyl (C=O) groups is 1. The van der Waals surface area contributed by atoms with Crippen LogP contribution in [0, 0.1) is 0 Å². The zero-order valence-electron chi connectivity index (χ0n) is 15.7. The van der Waals surface area contributed by atoms with E-state index < -0.39 is 0 Å². The van der Waals surface area contributed by atoms with Crippen molar-refractivity contribution in [2.24, 2.45) is 0 Å². The van der Waals surface area contributed by atoms with Gasteiger partial charge in [-0.05, 0) is 42.3 Å². The second kappa shape index (κ2) is 7.64. The first kappa shape index (κ1) is 18.5. The molecule has 1 amide bonds. The molecule has 4 rings (SSSR count). The topological polar surface area (TPSA) is 68.5 Å². The molecule has 2 aromatic carbocycles. The largest absolute Gasteiger partial charge is 0.496 e. The zero-order chi connectivity index (χ0) is 19.7. The van der Waals surface area contributed by atoms with Gasteiger partial charge in [-0.1, -0.05) is 35.8 Å². The number of anilines is 1. The van der Waals surface area contributed by atoms with Crippen molar-refractivity contribution in [2.75, 3.05) is 18.6 Å². The molecule has 1 atom stereocenters. The average Bonchev–Trinajstić information content (AvgIpc) is 3.35. The molecule has 1 saturated heterocycles. The van der Waals surface area contributed by atoms with E-state index in [4.69, 9.17) is 20.9 Å². The number of aromatic nitrogens is 2. The lowest BCUT2D eigenvalue weighted by Crippen LogP contribution is -2.24. The van der Waals surface area contributed by atoms with Gasteiger partial charge in [0, 0.05) is 29.6 Å². The number of hydrogen-bond donors (Lipinski definition) is 0. The summed E-state index contributed by atoms with van der Waals surface area (Å²) in [7, 11) is 1.57. The predicted molar refractivity (Wildman–Crippen MR) is 107 cm³/mol. The van der Waals surface area contributed by atoms with Gasteiger partial charge in [0.1, 0.15) is 5.75 Å². The second-order valence-corrected chi connectivity index (χ2v) is 7.16. The molecule has 1 aliphatic rings. The second-order valence-electron chi connectivity index (χ2n) is 6.73. The molecule has 7 heteroatoms. The lowest BCUT2D eigenvalue weighted by atomic mass is 10.1. The summed E-state index contributed by atoms with van der Waals surface area (Å²) in [5, 5.41) is 4.66. The maximum Gasteiger partial charge on any atom is 0.261 e. The Kier molecular flexibility index (Phi) is 5.05. The van der Waals surface area contributed by atoms with Crippen LogP contribution >= 0.6 is 11.6 Å². The lowest BCUT2D eigenvalue weighted by molar-refractivity contribution is -0.117. The van der Waals surface area contributed by atoms with Crippen molar-refractivity contribution < 1.29 is 14.1 Å². The van der Waals surface area contributed by atoms with Crippen LogP contribution in [-0.2, 0) is 11.2 Å². The van der Waals surface area contributed by atoms with Crippen molar-refractivity contribution >= 4 is 23.2 Å². The Morgan fingerprint density at radius 2 is 2.04 bits per heavy atom. The fourth-order valence-electron chi connectivity index (χ4n) is 3.40. The predicted octanol–water partition coefficient (Wildman–Crippen LogP) is 4.48. The molecular weight excluding hydrogens is 378 g/mol. The highest BCUT2D eigenvalue weighted by Gasteiger charge is 2.34. The first-order chi connectivity index (χ1) is 13.6. The van der Waals surface area contributed by atoms with Crippen molar-refractivity contribution in [1.29, 1.82) is 0 Å². The van der Waals surface area contributed by atoms with Gasteiger partial charge in [0.05, 0.1) is 12.7 Å². The molecule has 6 nitrogen and oxygen atoms in total. The van der Waals surface area contributed by atoms with Crippen molar-refractivity contribution in [3.05, 3.63) is 58.9 Å². The van der Waals surface area contributed by atoms with E-state index in [1.165, 1.54) is 5.56 Å². The number of hydrogen-bond acceptors (Lipinski definition) is 5. The molecule has 28 heavy (non-hydrogen) atoms. The fourth-order valence-corrected chi connectivity index (χ4v) is 3.57. The number of halogens is 1. The van der Waals surface area contributed by atoms with Crippen LogP contribution in [0.4, 0.5) is 5.69 Å². The molecule has 0 radical (unpaired) electrons. The van der Waals surface area contributed by atoms with Gasteiger partial charge in [-0.3, -0.25) is 4.79 Å². The summed E-state index contributed by atoms with van der Waals surface area (Å²) in [5.74, 6) is 1.37. The van der Waals surface area contributed by atoms with E-state index in [1.54, 1.807) is 30.2 Å². The van der Waals surface area contributed by atoms with E-state index in [-0.39, 0.29) is 11.8 Å². The van der Waals surface area contributed by atoms with Crippen LogP contribution in [0.3, 0.4) is 0 Å². The van der Waals surface area contributed by atoms with Gasteiger partial charge in [-0.15, -0.1) is 0 Å². The smallest absolute Gasteiger partial charge is 0.261 e. The number of amides is 1. The first-order valence-electron chi connectivity index (χ1n) is 9.16. The molecule has 0 aliphatic carbocycles. The Bertz CT molecular complexity index is 1000. The summed E-state index contributed by atoms with van der Waals surface area (Å²) in [5.41, 5.74) is 2.76. The molecule has 1 fully saturated rings. The van der Waals surface area contributed by atoms with Gasteiger partial charge in [-0.2, -0.15) is 4.98 Å². The third kappa shape index (κ3) is 3.47. The summed E-state index contributed by atoms with van der Waals surface area (Å²) in [6.45, 7) is 2.63. The van der Waals surface area contributed by atoms with Crippen LogP contribution < -0.4 is 9.64 Å². The van der Waals surface area contributed by atoms with Crippen molar-refractivity contribution in [2.45, 2.75) is 25.7 Å². The highest BCUT2D eigenvalue weighted by molar-refractivity contribution is 6.30. The van der Waals surface area contributed by atoms with Gasteiger partial charge >= 0.3 is 0 Å². The number of ether oxygens (including phenoxy) is 1. The SMILES string of the molecule is CCc1ccc(N2C[C@H](c3noc(-c4cc(Cl)ccc4OC)n3)CC2=O)cc1. The third-order valence-electron chi connectivity index (χ3n) is 4.98. The average molecular weight is 398 g/mol. The molecule has 1 aliphatic heterocycles. The standard InChI is InChI=1S/C21H20ClN3O3/c1-3-13-4-7-16(8-5-13)25-12-14(10-19(25)26)20-23-21(28-24-20)17-11-15(22)6-9-18(17)27-2/h4-9,11,14H,3,10,12H2,1-2H3/t14-/m1/s1. The van der Waals surface area contributed by atoms with Crippen LogP contribution in [0.5, 0.6) is 5.75 Å². The van der Waals surface area contributed by atoms with E-state index >= 15 is 0 Å². The van der Waals surface area contributed by atoms with E-state index in [0.29, 0.717) is 41.0 Å². The van der Waals surface area contributed by atoms with Crippen LogP contribution in [0.25, 0.3) is 11.5 Å². The minimum Gasteiger partial charge on any atom is -0.496 e. The van der Waals surface area contributed by atoms with Gasteiger partial charge < -0.3 is 14.2 Å². The Hall–Kier alpha value is -2.86.